The van der Waals surface area contributed by atoms with E-state index in [1.165, 1.54) is 11.9 Å². The molecule has 0 radical (unpaired) electrons. The molecule has 218 valence electrons. The van der Waals surface area contributed by atoms with E-state index < -0.39 is 33.2 Å². The van der Waals surface area contributed by atoms with E-state index in [-0.39, 0.29) is 32.9 Å². The molecule has 1 saturated carbocycles. The largest absolute Gasteiger partial charge is 0.420 e. The molecule has 2 N–H and O–H groups in total. The van der Waals surface area contributed by atoms with Gasteiger partial charge in [-0.2, -0.15) is 13.2 Å². The highest BCUT2D eigenvalue weighted by atomic mass is 32.2. The zero-order valence-corrected chi connectivity index (χ0v) is 24.1. The van der Waals surface area contributed by atoms with Crippen LogP contribution in [0.5, 0.6) is 0 Å². The van der Waals surface area contributed by atoms with Crippen molar-refractivity contribution in [3.05, 3.63) is 46.5 Å². The van der Waals surface area contributed by atoms with Crippen LogP contribution in [-0.2, 0) is 16.0 Å². The number of benzene rings is 1. The summed E-state index contributed by atoms with van der Waals surface area (Å²) in [5.74, 6) is -0.568. The van der Waals surface area contributed by atoms with Crippen molar-refractivity contribution < 1.29 is 26.4 Å². The molecule has 14 heteroatoms. The molecule has 1 aliphatic carbocycles. The third kappa shape index (κ3) is 5.52. The molecule has 1 saturated heterocycles. The molecule has 2 aromatic heterocycles. The molecule has 4 heterocycles. The van der Waals surface area contributed by atoms with Gasteiger partial charge in [-0.05, 0) is 55.5 Å². The van der Waals surface area contributed by atoms with Crippen LogP contribution < -0.4 is 15.5 Å². The lowest BCUT2D eigenvalue weighted by Gasteiger charge is -2.34. The van der Waals surface area contributed by atoms with E-state index in [1.54, 1.807) is 0 Å². The van der Waals surface area contributed by atoms with Crippen LogP contribution in [0.2, 0.25) is 0 Å². The van der Waals surface area contributed by atoms with E-state index in [0.29, 0.717) is 35.2 Å². The summed E-state index contributed by atoms with van der Waals surface area (Å²) in [5, 5.41) is 6.55. The Kier molecular flexibility index (Phi) is 6.97. The SMILES string of the molecule is C[C@@H]1CN(c2ccc(Nc3ncc(C(F)(F)F)c(-c4cc5c(s4)C(=O)N(C)CCS5(=O)=O)n3)c(C3CC3)c2)CCN1. The van der Waals surface area contributed by atoms with Crippen molar-refractivity contribution in [3.63, 3.8) is 0 Å². The topological polar surface area (TPSA) is 108 Å². The van der Waals surface area contributed by atoms with Crippen LogP contribution in [0, 0.1) is 0 Å². The van der Waals surface area contributed by atoms with Crippen LogP contribution in [0.1, 0.15) is 46.5 Å². The van der Waals surface area contributed by atoms with E-state index in [9.17, 15) is 26.4 Å². The molecule has 0 bridgehead atoms. The molecule has 6 rings (SSSR count). The smallest absolute Gasteiger partial charge is 0.369 e. The number of carbonyl (C=O) groups is 1. The highest BCUT2D eigenvalue weighted by Crippen LogP contribution is 2.46. The lowest BCUT2D eigenvalue weighted by atomic mass is 10.1. The van der Waals surface area contributed by atoms with E-state index >= 15 is 0 Å². The monoisotopic (exact) mass is 606 g/mol. The number of hydrogen-bond donors (Lipinski definition) is 2. The quantitative estimate of drug-likeness (QED) is 0.437. The van der Waals surface area contributed by atoms with Gasteiger partial charge in [-0.15, -0.1) is 11.3 Å². The van der Waals surface area contributed by atoms with Crippen molar-refractivity contribution in [1.82, 2.24) is 20.2 Å². The first-order chi connectivity index (χ1) is 19.4. The molecule has 2 fully saturated rings. The summed E-state index contributed by atoms with van der Waals surface area (Å²) >= 11 is 0.698. The van der Waals surface area contributed by atoms with Gasteiger partial charge in [0.25, 0.3) is 5.91 Å². The number of fused-ring (bicyclic) bond motifs is 1. The molecule has 1 amide bonds. The number of nitrogens with one attached hydrogen (secondary N) is 2. The van der Waals surface area contributed by atoms with Gasteiger partial charge < -0.3 is 20.4 Å². The fourth-order valence-corrected chi connectivity index (χ4v) is 8.26. The van der Waals surface area contributed by atoms with Gasteiger partial charge in [0.05, 0.1) is 21.2 Å². The van der Waals surface area contributed by atoms with Crippen LogP contribution in [0.3, 0.4) is 0 Å². The second kappa shape index (κ2) is 10.2. The number of anilines is 3. The number of piperazine rings is 1. The zero-order valence-electron chi connectivity index (χ0n) is 22.5. The van der Waals surface area contributed by atoms with Crippen molar-refractivity contribution in [2.24, 2.45) is 0 Å². The van der Waals surface area contributed by atoms with Gasteiger partial charge in [0.15, 0.2) is 9.84 Å². The predicted molar refractivity (Wildman–Crippen MR) is 151 cm³/mol. The Morgan fingerprint density at radius 3 is 2.66 bits per heavy atom. The second-order valence-electron chi connectivity index (χ2n) is 10.8. The molecule has 0 spiro atoms. The first-order valence-corrected chi connectivity index (χ1v) is 15.8. The third-order valence-corrected chi connectivity index (χ3v) is 10.6. The van der Waals surface area contributed by atoms with Crippen molar-refractivity contribution in [3.8, 4) is 10.6 Å². The number of rotatable bonds is 5. The predicted octanol–water partition coefficient (Wildman–Crippen LogP) is 4.50. The fourth-order valence-electron chi connectivity index (χ4n) is 5.23. The number of hydrogen-bond acceptors (Lipinski definition) is 9. The molecule has 3 aromatic rings. The maximum atomic E-state index is 14.1. The zero-order chi connectivity index (χ0) is 29.1. The van der Waals surface area contributed by atoms with Gasteiger partial charge in [0.1, 0.15) is 10.4 Å². The number of alkyl halides is 3. The van der Waals surface area contributed by atoms with Gasteiger partial charge in [-0.25, -0.2) is 18.4 Å². The maximum absolute atomic E-state index is 14.1. The van der Waals surface area contributed by atoms with Crippen molar-refractivity contribution in [1.29, 1.82) is 0 Å². The maximum Gasteiger partial charge on any atom is 0.420 e. The first kappa shape index (κ1) is 27.9. The molecular weight excluding hydrogens is 577 g/mol. The standard InChI is InChI=1S/C27H29F3N6O3S2/c1-15-14-36(8-7-31-15)17-5-6-20(18(11-17)16-3-4-16)33-26-32-13-19(27(28,29)30)23(34-26)21-12-22-24(40-21)25(37)35(2)9-10-41(22,38)39/h5-6,11-13,15-16,31H,3-4,7-10,14H2,1-2H3,(H,32,33,34)/t15-/m1/s1. The highest BCUT2D eigenvalue weighted by molar-refractivity contribution is 7.91. The molecular formula is C27H29F3N6O3S2. The van der Waals surface area contributed by atoms with Gasteiger partial charge >= 0.3 is 6.18 Å². The minimum Gasteiger partial charge on any atom is -0.369 e. The van der Waals surface area contributed by atoms with Gasteiger partial charge in [-0.3, -0.25) is 4.79 Å². The Bertz CT molecular complexity index is 1620. The highest BCUT2D eigenvalue weighted by Gasteiger charge is 2.38. The van der Waals surface area contributed by atoms with Crippen LogP contribution in [-0.4, -0.2) is 74.2 Å². The number of thiophene rings is 1. The van der Waals surface area contributed by atoms with E-state index in [1.807, 2.05) is 12.1 Å². The number of aromatic nitrogens is 2. The molecule has 1 aromatic carbocycles. The Hall–Kier alpha value is -3.23. The van der Waals surface area contributed by atoms with Crippen molar-refractivity contribution >= 4 is 44.4 Å². The number of halogens is 3. The minimum absolute atomic E-state index is 0.00304. The second-order valence-corrected chi connectivity index (χ2v) is 13.9. The van der Waals surface area contributed by atoms with Crippen LogP contribution in [0.4, 0.5) is 30.5 Å². The summed E-state index contributed by atoms with van der Waals surface area (Å²) < 4.78 is 67.9. The normalized spacial score (nSPS) is 21.0. The molecule has 0 unspecified atom stereocenters. The number of amides is 1. The van der Waals surface area contributed by atoms with Crippen molar-refractivity contribution in [2.45, 2.75) is 42.8 Å². The van der Waals surface area contributed by atoms with Gasteiger partial charge in [0, 0.05) is 56.8 Å². The van der Waals surface area contributed by atoms with Crippen LogP contribution >= 0.6 is 11.3 Å². The summed E-state index contributed by atoms with van der Waals surface area (Å²) in [6, 6.07) is 7.52. The summed E-state index contributed by atoms with van der Waals surface area (Å²) in [7, 11) is -2.40. The molecule has 3 aliphatic rings. The molecule has 9 nitrogen and oxygen atoms in total. The Morgan fingerprint density at radius 2 is 1.95 bits per heavy atom. The van der Waals surface area contributed by atoms with E-state index in [0.717, 1.165) is 49.8 Å². The third-order valence-electron chi connectivity index (χ3n) is 7.63. The van der Waals surface area contributed by atoms with Crippen LogP contribution in [0.15, 0.2) is 35.4 Å². The minimum atomic E-state index is -4.80. The lowest BCUT2D eigenvalue weighted by molar-refractivity contribution is -0.137. The van der Waals surface area contributed by atoms with Gasteiger partial charge in [0.2, 0.25) is 5.95 Å². The Labute approximate surface area is 239 Å². The number of sulfone groups is 1. The molecule has 1 atom stereocenters. The Morgan fingerprint density at radius 1 is 1.17 bits per heavy atom. The lowest BCUT2D eigenvalue weighted by Crippen LogP contribution is -2.49. The first-order valence-electron chi connectivity index (χ1n) is 13.4. The number of nitrogens with zero attached hydrogens (tertiary/aromatic N) is 4. The summed E-state index contributed by atoms with van der Waals surface area (Å²) in [6.07, 6.45) is -2.05. The average Bonchev–Trinajstić information content (AvgIpc) is 3.68. The van der Waals surface area contributed by atoms with Gasteiger partial charge in [-0.1, -0.05) is 0 Å². The van der Waals surface area contributed by atoms with Crippen LogP contribution in [0.25, 0.3) is 10.6 Å². The number of carbonyl (C=O) groups excluding carboxylic acids is 1. The molecule has 41 heavy (non-hydrogen) atoms. The summed E-state index contributed by atoms with van der Waals surface area (Å²) in [4.78, 5) is 24.2. The van der Waals surface area contributed by atoms with E-state index in [2.05, 4.69) is 38.5 Å². The average molecular weight is 607 g/mol. The summed E-state index contributed by atoms with van der Waals surface area (Å²) in [5.41, 5.74) is 1.28. The van der Waals surface area contributed by atoms with E-state index in [4.69, 9.17) is 0 Å². The van der Waals surface area contributed by atoms with Crippen molar-refractivity contribution in [2.75, 3.05) is 49.2 Å². The summed E-state index contributed by atoms with van der Waals surface area (Å²) in [6.45, 7) is 4.78. The fraction of sp³-hybridized carbons (Fsp3) is 0.444. The Balaban J connectivity index is 1.39. The molecule has 2 aliphatic heterocycles.